The summed E-state index contributed by atoms with van der Waals surface area (Å²) in [5.74, 6) is 1.36. The van der Waals surface area contributed by atoms with Crippen LogP contribution in [-0.4, -0.2) is 19.8 Å². The van der Waals surface area contributed by atoms with Gasteiger partial charge in [-0.2, -0.15) is 4.63 Å². The van der Waals surface area contributed by atoms with Crippen LogP contribution in [0, 0.1) is 0 Å². The molecule has 0 aliphatic heterocycles. The zero-order valence-corrected chi connectivity index (χ0v) is 12.5. The Morgan fingerprint density at radius 1 is 1.19 bits per heavy atom. The molecule has 0 aliphatic rings. The molecule has 0 aliphatic carbocycles. The lowest BCUT2D eigenvalue weighted by Gasteiger charge is -2.00. The lowest BCUT2D eigenvalue weighted by Crippen LogP contribution is -1.96. The fourth-order valence-electron chi connectivity index (χ4n) is 2.37. The molecule has 2 heterocycles. The van der Waals surface area contributed by atoms with Crippen LogP contribution in [0.5, 0.6) is 0 Å². The van der Waals surface area contributed by atoms with Crippen molar-refractivity contribution in [2.45, 2.75) is 39.0 Å². The van der Waals surface area contributed by atoms with Crippen molar-refractivity contribution >= 4 is 11.3 Å². The fourth-order valence-corrected chi connectivity index (χ4v) is 2.37. The number of H-pyrrole nitrogens is 1. The quantitative estimate of drug-likeness (QED) is 0.707. The standard InChI is InChI=1S/C16H21N5/c1-11(2)14-10-16-18-15(20-21(16)19-14)5-3-4-12-6-8-13(17)9-7-12/h6-11,19H,3-5,17H2,1-2H3. The predicted molar refractivity (Wildman–Crippen MR) is 84.3 cm³/mol. The second-order valence-corrected chi connectivity index (χ2v) is 5.76. The van der Waals surface area contributed by atoms with Crippen LogP contribution in [0.1, 0.15) is 43.3 Å². The van der Waals surface area contributed by atoms with E-state index >= 15 is 0 Å². The summed E-state index contributed by atoms with van der Waals surface area (Å²) in [7, 11) is 0. The molecular weight excluding hydrogens is 262 g/mol. The number of rotatable bonds is 5. The molecule has 110 valence electrons. The first kappa shape index (κ1) is 13.7. The van der Waals surface area contributed by atoms with Crippen LogP contribution in [0.2, 0.25) is 0 Å². The van der Waals surface area contributed by atoms with E-state index < -0.39 is 0 Å². The van der Waals surface area contributed by atoms with E-state index in [0.717, 1.165) is 36.4 Å². The summed E-state index contributed by atoms with van der Waals surface area (Å²) in [4.78, 5) is 4.56. The summed E-state index contributed by atoms with van der Waals surface area (Å²) in [5.41, 5.74) is 9.87. The van der Waals surface area contributed by atoms with Crippen molar-refractivity contribution in [1.29, 1.82) is 0 Å². The molecule has 5 heteroatoms. The molecule has 3 N–H and O–H groups in total. The average Bonchev–Trinajstić information content (AvgIpc) is 2.99. The highest BCUT2D eigenvalue weighted by Crippen LogP contribution is 2.15. The van der Waals surface area contributed by atoms with Gasteiger partial charge in [-0.05, 0) is 36.5 Å². The number of aromatic nitrogens is 4. The third-order valence-corrected chi connectivity index (χ3v) is 3.66. The van der Waals surface area contributed by atoms with Gasteiger partial charge in [0.1, 0.15) is 0 Å². The third-order valence-electron chi connectivity index (χ3n) is 3.66. The van der Waals surface area contributed by atoms with Crippen molar-refractivity contribution in [1.82, 2.24) is 19.8 Å². The first-order valence-corrected chi connectivity index (χ1v) is 7.41. The molecule has 0 unspecified atom stereocenters. The van der Waals surface area contributed by atoms with Crippen molar-refractivity contribution in [2.24, 2.45) is 0 Å². The highest BCUT2D eigenvalue weighted by Gasteiger charge is 2.09. The zero-order valence-electron chi connectivity index (χ0n) is 12.5. The lowest BCUT2D eigenvalue weighted by molar-refractivity contribution is 0.710. The number of aromatic amines is 1. The Hall–Kier alpha value is -2.30. The van der Waals surface area contributed by atoms with Gasteiger partial charge in [0.15, 0.2) is 11.5 Å². The van der Waals surface area contributed by atoms with Crippen molar-refractivity contribution in [2.75, 3.05) is 5.73 Å². The van der Waals surface area contributed by atoms with Crippen molar-refractivity contribution in [3.05, 3.63) is 47.4 Å². The maximum atomic E-state index is 5.68. The van der Waals surface area contributed by atoms with E-state index in [1.807, 2.05) is 12.1 Å². The Bertz CT molecular complexity index is 689. The number of nitrogens with zero attached hydrogens (tertiary/aromatic N) is 3. The second kappa shape index (κ2) is 5.60. The van der Waals surface area contributed by atoms with Gasteiger partial charge in [0.2, 0.25) is 0 Å². The van der Waals surface area contributed by atoms with Gasteiger partial charge >= 0.3 is 0 Å². The van der Waals surface area contributed by atoms with Crippen LogP contribution in [0.15, 0.2) is 30.3 Å². The minimum absolute atomic E-state index is 0.461. The Kier molecular flexibility index (Phi) is 3.64. The number of hydrogen-bond donors (Lipinski definition) is 2. The molecule has 0 fully saturated rings. The smallest absolute Gasteiger partial charge is 0.175 e. The van der Waals surface area contributed by atoms with E-state index in [0.29, 0.717) is 5.92 Å². The van der Waals surface area contributed by atoms with Gasteiger partial charge in [0, 0.05) is 23.9 Å². The SMILES string of the molecule is CC(C)c1cc2nc(CCCc3ccc(N)cc3)nn2[nH]1. The number of benzene rings is 1. The van der Waals surface area contributed by atoms with Gasteiger partial charge in [0.25, 0.3) is 0 Å². The molecule has 0 radical (unpaired) electrons. The normalized spacial score (nSPS) is 11.6. The summed E-state index contributed by atoms with van der Waals surface area (Å²) >= 11 is 0. The number of nitrogens with two attached hydrogens (primary N) is 1. The second-order valence-electron chi connectivity index (χ2n) is 5.76. The largest absolute Gasteiger partial charge is 0.399 e. The van der Waals surface area contributed by atoms with Crippen LogP contribution >= 0.6 is 0 Å². The van der Waals surface area contributed by atoms with E-state index in [-0.39, 0.29) is 0 Å². The number of aryl methyl sites for hydroxylation is 2. The predicted octanol–water partition coefficient (Wildman–Crippen LogP) is 2.94. The van der Waals surface area contributed by atoms with Crippen LogP contribution < -0.4 is 5.73 Å². The number of nitrogens with one attached hydrogen (secondary N) is 1. The maximum absolute atomic E-state index is 5.68. The Balaban J connectivity index is 1.60. The van der Waals surface area contributed by atoms with Crippen molar-refractivity contribution < 1.29 is 0 Å². The average molecular weight is 283 g/mol. The van der Waals surface area contributed by atoms with Gasteiger partial charge in [-0.3, -0.25) is 5.10 Å². The molecule has 0 saturated heterocycles. The monoisotopic (exact) mass is 283 g/mol. The van der Waals surface area contributed by atoms with Crippen LogP contribution in [-0.2, 0) is 12.8 Å². The van der Waals surface area contributed by atoms with E-state index in [1.54, 1.807) is 4.63 Å². The topological polar surface area (TPSA) is 72.0 Å². The first-order valence-electron chi connectivity index (χ1n) is 7.41. The van der Waals surface area contributed by atoms with Gasteiger partial charge in [0.05, 0.1) is 0 Å². The third kappa shape index (κ3) is 3.07. The molecular formula is C16H21N5. The molecule has 1 aromatic carbocycles. The molecule has 0 amide bonds. The number of anilines is 1. The maximum Gasteiger partial charge on any atom is 0.175 e. The number of fused-ring (bicyclic) bond motifs is 1. The summed E-state index contributed by atoms with van der Waals surface area (Å²) in [5, 5.41) is 7.75. The highest BCUT2D eigenvalue weighted by molar-refractivity contribution is 5.40. The van der Waals surface area contributed by atoms with Gasteiger partial charge in [-0.15, -0.1) is 5.10 Å². The number of nitrogen functional groups attached to an aromatic ring is 1. The molecule has 0 atom stereocenters. The van der Waals surface area contributed by atoms with Gasteiger partial charge in [-0.1, -0.05) is 26.0 Å². The first-order chi connectivity index (χ1) is 10.1. The Morgan fingerprint density at radius 2 is 1.95 bits per heavy atom. The van der Waals surface area contributed by atoms with Gasteiger partial charge < -0.3 is 5.73 Å². The zero-order chi connectivity index (χ0) is 14.8. The molecule has 21 heavy (non-hydrogen) atoms. The fraction of sp³-hybridized carbons (Fsp3) is 0.375. The summed E-state index contributed by atoms with van der Waals surface area (Å²) in [6.45, 7) is 4.30. The lowest BCUT2D eigenvalue weighted by atomic mass is 10.1. The van der Waals surface area contributed by atoms with Gasteiger partial charge in [-0.25, -0.2) is 4.98 Å². The van der Waals surface area contributed by atoms with E-state index in [9.17, 15) is 0 Å². The van der Waals surface area contributed by atoms with E-state index in [1.165, 1.54) is 11.3 Å². The summed E-state index contributed by atoms with van der Waals surface area (Å²) < 4.78 is 1.77. The van der Waals surface area contributed by atoms with E-state index in [2.05, 4.69) is 47.2 Å². The van der Waals surface area contributed by atoms with Crippen molar-refractivity contribution in [3.63, 3.8) is 0 Å². The number of hydrogen-bond acceptors (Lipinski definition) is 3. The van der Waals surface area contributed by atoms with Crippen LogP contribution in [0.25, 0.3) is 5.65 Å². The molecule has 0 saturated carbocycles. The molecule has 0 bridgehead atoms. The Morgan fingerprint density at radius 3 is 2.62 bits per heavy atom. The van der Waals surface area contributed by atoms with Crippen molar-refractivity contribution in [3.8, 4) is 0 Å². The molecule has 0 spiro atoms. The summed E-state index contributed by atoms with van der Waals surface area (Å²) in [6, 6.07) is 10.1. The Labute approximate surface area is 124 Å². The highest BCUT2D eigenvalue weighted by atomic mass is 15.5. The minimum Gasteiger partial charge on any atom is -0.399 e. The minimum atomic E-state index is 0.461. The molecule has 5 nitrogen and oxygen atoms in total. The van der Waals surface area contributed by atoms with E-state index in [4.69, 9.17) is 5.73 Å². The molecule has 2 aromatic heterocycles. The molecule has 3 rings (SSSR count). The van der Waals surface area contributed by atoms with Crippen LogP contribution in [0.3, 0.4) is 0 Å². The van der Waals surface area contributed by atoms with Crippen LogP contribution in [0.4, 0.5) is 5.69 Å². The summed E-state index contributed by atoms with van der Waals surface area (Å²) in [6.07, 6.45) is 2.94. The molecule has 3 aromatic rings.